The molecule has 2 rings (SSSR count). The van der Waals surface area contributed by atoms with Crippen molar-refractivity contribution in [1.29, 1.82) is 0 Å². The van der Waals surface area contributed by atoms with E-state index >= 15 is 0 Å². The van der Waals surface area contributed by atoms with E-state index in [1.165, 1.54) is 21.3 Å². The molecule has 0 heterocycles. The standard InChI is InChI=1S/C21H26O7/c1-6-26-16-9-8-15(12-17(16)27-7-2)21(22)28-13-14-10-18(23-3)20(25-5)19(11-14)24-4/h8-12H,6-7,13H2,1-5H3. The van der Waals surface area contributed by atoms with Gasteiger partial charge in [-0.2, -0.15) is 0 Å². The van der Waals surface area contributed by atoms with Gasteiger partial charge in [-0.15, -0.1) is 0 Å². The van der Waals surface area contributed by atoms with Crippen LogP contribution in [0.25, 0.3) is 0 Å². The SMILES string of the molecule is CCOc1ccc(C(=O)OCc2cc(OC)c(OC)c(OC)c2)cc1OCC. The lowest BCUT2D eigenvalue weighted by molar-refractivity contribution is 0.0471. The van der Waals surface area contributed by atoms with E-state index in [2.05, 4.69) is 0 Å². The molecule has 0 amide bonds. The molecule has 0 aliphatic carbocycles. The molecule has 0 unspecified atom stereocenters. The van der Waals surface area contributed by atoms with Crippen LogP contribution in [-0.4, -0.2) is 40.5 Å². The Kier molecular flexibility index (Phi) is 7.80. The Hall–Kier alpha value is -3.09. The van der Waals surface area contributed by atoms with Crippen molar-refractivity contribution in [2.45, 2.75) is 20.5 Å². The van der Waals surface area contributed by atoms with Gasteiger partial charge in [0.2, 0.25) is 5.75 Å². The van der Waals surface area contributed by atoms with Gasteiger partial charge in [0, 0.05) is 0 Å². The van der Waals surface area contributed by atoms with Gasteiger partial charge in [-0.1, -0.05) is 0 Å². The minimum atomic E-state index is -0.474. The van der Waals surface area contributed by atoms with E-state index in [9.17, 15) is 4.79 Å². The third kappa shape index (κ3) is 5.00. The van der Waals surface area contributed by atoms with Gasteiger partial charge in [-0.05, 0) is 49.7 Å². The Morgan fingerprint density at radius 1 is 0.786 bits per heavy atom. The smallest absolute Gasteiger partial charge is 0.338 e. The molecule has 0 aromatic heterocycles. The van der Waals surface area contributed by atoms with Crippen LogP contribution >= 0.6 is 0 Å². The molecular formula is C21H26O7. The van der Waals surface area contributed by atoms with Crippen LogP contribution in [0.1, 0.15) is 29.8 Å². The fourth-order valence-electron chi connectivity index (χ4n) is 2.63. The van der Waals surface area contributed by atoms with Gasteiger partial charge in [-0.25, -0.2) is 4.79 Å². The highest BCUT2D eigenvalue weighted by Crippen LogP contribution is 2.38. The van der Waals surface area contributed by atoms with E-state index < -0.39 is 5.97 Å². The monoisotopic (exact) mass is 390 g/mol. The van der Waals surface area contributed by atoms with E-state index in [4.69, 9.17) is 28.4 Å². The molecule has 2 aromatic rings. The Morgan fingerprint density at radius 3 is 1.93 bits per heavy atom. The highest BCUT2D eigenvalue weighted by molar-refractivity contribution is 5.90. The summed E-state index contributed by atoms with van der Waals surface area (Å²) >= 11 is 0. The number of benzene rings is 2. The van der Waals surface area contributed by atoms with Crippen LogP contribution in [0.4, 0.5) is 0 Å². The summed E-state index contributed by atoms with van der Waals surface area (Å²) in [6, 6.07) is 8.43. The fraction of sp³-hybridized carbons (Fsp3) is 0.381. The largest absolute Gasteiger partial charge is 0.493 e. The number of hydrogen-bond acceptors (Lipinski definition) is 7. The quantitative estimate of drug-likeness (QED) is 0.570. The van der Waals surface area contributed by atoms with Crippen LogP contribution < -0.4 is 23.7 Å². The van der Waals surface area contributed by atoms with Gasteiger partial charge in [0.15, 0.2) is 23.0 Å². The van der Waals surface area contributed by atoms with Crippen molar-refractivity contribution in [3.05, 3.63) is 41.5 Å². The first-order chi connectivity index (χ1) is 13.6. The highest BCUT2D eigenvalue weighted by atomic mass is 16.5. The van der Waals surface area contributed by atoms with E-state index in [1.54, 1.807) is 30.3 Å². The minimum absolute atomic E-state index is 0.0483. The number of methoxy groups -OCH3 is 3. The maximum atomic E-state index is 12.5. The molecule has 2 aromatic carbocycles. The fourth-order valence-corrected chi connectivity index (χ4v) is 2.63. The molecule has 0 N–H and O–H groups in total. The summed E-state index contributed by atoms with van der Waals surface area (Å²) < 4.78 is 32.4. The summed E-state index contributed by atoms with van der Waals surface area (Å²) in [5.74, 6) is 2.09. The van der Waals surface area contributed by atoms with Crippen LogP contribution in [0.5, 0.6) is 28.7 Å². The highest BCUT2D eigenvalue weighted by Gasteiger charge is 2.16. The molecule has 0 saturated heterocycles. The second-order valence-electron chi connectivity index (χ2n) is 5.64. The molecule has 0 fully saturated rings. The molecule has 0 saturated carbocycles. The van der Waals surface area contributed by atoms with Crippen molar-refractivity contribution >= 4 is 5.97 Å². The third-order valence-corrected chi connectivity index (χ3v) is 3.87. The molecule has 28 heavy (non-hydrogen) atoms. The van der Waals surface area contributed by atoms with E-state index in [1.807, 2.05) is 13.8 Å². The summed E-state index contributed by atoms with van der Waals surface area (Å²) in [5, 5.41) is 0. The Morgan fingerprint density at radius 2 is 1.39 bits per heavy atom. The first kappa shape index (κ1) is 21.2. The van der Waals surface area contributed by atoms with Crippen LogP contribution in [-0.2, 0) is 11.3 Å². The van der Waals surface area contributed by atoms with Gasteiger partial charge in [0.1, 0.15) is 6.61 Å². The Bertz CT molecular complexity index is 776. The number of ether oxygens (including phenoxy) is 6. The molecular weight excluding hydrogens is 364 g/mol. The van der Waals surface area contributed by atoms with Gasteiger partial charge in [0.25, 0.3) is 0 Å². The summed E-state index contributed by atoms with van der Waals surface area (Å²) in [5.41, 5.74) is 1.08. The van der Waals surface area contributed by atoms with E-state index in [0.29, 0.717) is 53.1 Å². The average Bonchev–Trinajstić information content (AvgIpc) is 2.72. The molecule has 0 aliphatic heterocycles. The molecule has 0 radical (unpaired) electrons. The Labute approximate surface area is 165 Å². The molecule has 152 valence electrons. The van der Waals surface area contributed by atoms with Crippen LogP contribution in [0.2, 0.25) is 0 Å². The van der Waals surface area contributed by atoms with Gasteiger partial charge in [-0.3, -0.25) is 0 Å². The van der Waals surface area contributed by atoms with Gasteiger partial charge in [0.05, 0.1) is 40.1 Å². The van der Waals surface area contributed by atoms with Crippen molar-refractivity contribution < 1.29 is 33.2 Å². The average molecular weight is 390 g/mol. The lowest BCUT2D eigenvalue weighted by atomic mass is 10.2. The molecule has 7 nitrogen and oxygen atoms in total. The number of esters is 1. The van der Waals surface area contributed by atoms with E-state index in [0.717, 1.165) is 0 Å². The zero-order valence-electron chi connectivity index (χ0n) is 16.9. The molecule has 7 heteroatoms. The summed E-state index contributed by atoms with van der Waals surface area (Å²) in [4.78, 5) is 12.5. The second-order valence-corrected chi connectivity index (χ2v) is 5.64. The number of carbonyl (C=O) groups is 1. The second kappa shape index (κ2) is 10.3. The number of hydrogen-bond donors (Lipinski definition) is 0. The van der Waals surface area contributed by atoms with Crippen LogP contribution in [0, 0.1) is 0 Å². The minimum Gasteiger partial charge on any atom is -0.493 e. The zero-order chi connectivity index (χ0) is 20.5. The third-order valence-electron chi connectivity index (χ3n) is 3.87. The summed E-state index contributed by atoms with van der Waals surface area (Å²) in [7, 11) is 4.59. The summed E-state index contributed by atoms with van der Waals surface area (Å²) in [6.45, 7) is 4.77. The maximum Gasteiger partial charge on any atom is 0.338 e. The molecule has 0 atom stereocenters. The Balaban J connectivity index is 2.16. The van der Waals surface area contributed by atoms with Crippen molar-refractivity contribution in [3.8, 4) is 28.7 Å². The van der Waals surface area contributed by atoms with Gasteiger partial charge >= 0.3 is 5.97 Å². The van der Waals surface area contributed by atoms with Crippen LogP contribution in [0.15, 0.2) is 30.3 Å². The van der Waals surface area contributed by atoms with Crippen LogP contribution in [0.3, 0.4) is 0 Å². The molecule has 0 spiro atoms. The molecule has 0 bridgehead atoms. The van der Waals surface area contributed by atoms with Crippen molar-refractivity contribution in [2.24, 2.45) is 0 Å². The first-order valence-electron chi connectivity index (χ1n) is 8.93. The lowest BCUT2D eigenvalue weighted by Crippen LogP contribution is -2.07. The molecule has 0 aliphatic rings. The number of carbonyl (C=O) groups excluding carboxylic acids is 1. The lowest BCUT2D eigenvalue weighted by Gasteiger charge is -2.15. The predicted octanol–water partition coefficient (Wildman–Crippen LogP) is 3.87. The topological polar surface area (TPSA) is 72.5 Å². The number of rotatable bonds is 10. The van der Waals surface area contributed by atoms with E-state index in [-0.39, 0.29) is 6.61 Å². The first-order valence-corrected chi connectivity index (χ1v) is 8.93. The zero-order valence-corrected chi connectivity index (χ0v) is 16.9. The predicted molar refractivity (Wildman–Crippen MR) is 104 cm³/mol. The van der Waals surface area contributed by atoms with Crippen molar-refractivity contribution in [2.75, 3.05) is 34.5 Å². The van der Waals surface area contributed by atoms with Gasteiger partial charge < -0.3 is 28.4 Å². The maximum absolute atomic E-state index is 12.5. The summed E-state index contributed by atoms with van der Waals surface area (Å²) in [6.07, 6.45) is 0. The van der Waals surface area contributed by atoms with Crippen molar-refractivity contribution in [3.63, 3.8) is 0 Å². The normalized spacial score (nSPS) is 10.2. The van der Waals surface area contributed by atoms with Crippen molar-refractivity contribution in [1.82, 2.24) is 0 Å².